The molecule has 0 aromatic carbocycles. The fourth-order valence-electron chi connectivity index (χ4n) is 8.04. The molecule has 0 spiro atoms. The van der Waals surface area contributed by atoms with Crippen molar-refractivity contribution in [3.8, 4) is 0 Å². The number of carbonyl (C=O) groups excluding carboxylic acids is 2. The van der Waals surface area contributed by atoms with E-state index in [-0.39, 0.29) is 17.8 Å². The number of carbonyl (C=O) groups is 2. The monoisotopic (exact) mass is 690 g/mol. The van der Waals surface area contributed by atoms with Crippen molar-refractivity contribution in [2.75, 3.05) is 0 Å². The Bertz CT molecular complexity index is 1100. The topological polar surface area (TPSA) is 134 Å². The predicted octanol–water partition coefficient (Wildman–Crippen LogP) is 6.15. The zero-order valence-corrected chi connectivity index (χ0v) is 28.4. The Balaban J connectivity index is 0.000000272. The molecule has 4 bridgehead atoms. The SMILES string of the molecule is CCC(C)(C)C(=O)OC1CC(C(C)(O)C(F)(F)F)CC(C(C)(O)C(F)(F)F)C1.CCC(C)C(=O)OC12CC3CC(O)(CC(O)(C3)C1)C2. The van der Waals surface area contributed by atoms with Crippen LogP contribution in [0.3, 0.4) is 0 Å². The van der Waals surface area contributed by atoms with Crippen LogP contribution >= 0.6 is 0 Å². The summed E-state index contributed by atoms with van der Waals surface area (Å²) >= 11 is 0. The number of aliphatic hydroxyl groups is 4. The van der Waals surface area contributed by atoms with Gasteiger partial charge in [-0.3, -0.25) is 9.59 Å². The maximum atomic E-state index is 13.3. The smallest absolute Gasteiger partial charge is 0.417 e. The predicted molar refractivity (Wildman–Crippen MR) is 158 cm³/mol. The highest BCUT2D eigenvalue weighted by Gasteiger charge is 2.65. The van der Waals surface area contributed by atoms with Gasteiger partial charge in [-0.1, -0.05) is 20.8 Å². The molecule has 5 aliphatic carbocycles. The number of hydrogen-bond donors (Lipinski definition) is 4. The largest absolute Gasteiger partial charge is 0.462 e. The van der Waals surface area contributed by atoms with Gasteiger partial charge in [0.1, 0.15) is 11.7 Å². The van der Waals surface area contributed by atoms with Gasteiger partial charge < -0.3 is 29.9 Å². The number of hydrogen-bond acceptors (Lipinski definition) is 8. The molecule has 0 saturated heterocycles. The summed E-state index contributed by atoms with van der Waals surface area (Å²) in [5.41, 5.74) is -9.84. The zero-order chi connectivity index (χ0) is 36.2. The van der Waals surface area contributed by atoms with E-state index in [0.29, 0.717) is 39.5 Å². The minimum Gasteiger partial charge on any atom is -0.462 e. The second-order valence-corrected chi connectivity index (χ2v) is 16.0. The van der Waals surface area contributed by atoms with Gasteiger partial charge >= 0.3 is 24.3 Å². The number of halogens is 6. The highest BCUT2D eigenvalue weighted by atomic mass is 19.4. The van der Waals surface area contributed by atoms with E-state index >= 15 is 0 Å². The van der Waals surface area contributed by atoms with E-state index in [1.165, 1.54) is 0 Å². The molecule has 8 nitrogen and oxygen atoms in total. The molecule has 14 heteroatoms. The Hall–Kier alpha value is -1.64. The lowest BCUT2D eigenvalue weighted by atomic mass is 9.50. The van der Waals surface area contributed by atoms with Crippen LogP contribution in [0, 0.1) is 29.1 Å². The fraction of sp³-hybridized carbons (Fsp3) is 0.939. The second kappa shape index (κ2) is 12.9. The summed E-state index contributed by atoms with van der Waals surface area (Å²) in [5.74, 6) is -4.12. The van der Waals surface area contributed by atoms with E-state index in [2.05, 4.69) is 0 Å². The van der Waals surface area contributed by atoms with Crippen LogP contribution in [0.4, 0.5) is 26.3 Å². The van der Waals surface area contributed by atoms with Gasteiger partial charge in [-0.25, -0.2) is 0 Å². The van der Waals surface area contributed by atoms with Crippen molar-refractivity contribution in [1.29, 1.82) is 0 Å². The standard InChI is InChI=1S/C18H28F6O4.C15H24O4/c1-6-14(2,3)13(25)28-12-8-10(15(4,26)17(19,20)21)7-11(9-12)16(5,27)18(22,23)24;1-3-10(2)12(16)19-15-6-11-4-13(17,8-15)7-14(18,5-11)9-15/h10-12,26-27H,6-9H2,1-5H3;10-11,17-18H,3-9H2,1-2H3. The molecule has 4 N–H and O–H groups in total. The molecule has 5 saturated carbocycles. The lowest BCUT2D eigenvalue weighted by molar-refractivity contribution is -0.299. The van der Waals surface area contributed by atoms with Crippen molar-refractivity contribution in [3.05, 3.63) is 0 Å². The summed E-state index contributed by atoms with van der Waals surface area (Å²) in [6, 6.07) is 0. The van der Waals surface area contributed by atoms with E-state index in [1.54, 1.807) is 20.8 Å². The van der Waals surface area contributed by atoms with Crippen molar-refractivity contribution in [2.24, 2.45) is 29.1 Å². The average Bonchev–Trinajstić information content (AvgIpc) is 2.89. The molecule has 5 fully saturated rings. The average molecular weight is 691 g/mol. The number of rotatable bonds is 8. The first kappa shape index (κ1) is 39.8. The van der Waals surface area contributed by atoms with Crippen LogP contribution in [-0.2, 0) is 19.1 Å². The molecule has 0 aromatic heterocycles. The van der Waals surface area contributed by atoms with Crippen LogP contribution in [0.5, 0.6) is 0 Å². The summed E-state index contributed by atoms with van der Waals surface area (Å²) < 4.78 is 90.6. The highest BCUT2D eigenvalue weighted by Crippen LogP contribution is 2.60. The summed E-state index contributed by atoms with van der Waals surface area (Å²) in [7, 11) is 0. The first-order valence-corrected chi connectivity index (χ1v) is 16.5. The molecule has 0 radical (unpaired) electrons. The van der Waals surface area contributed by atoms with Crippen LogP contribution in [0.15, 0.2) is 0 Å². The van der Waals surface area contributed by atoms with Gasteiger partial charge in [-0.2, -0.15) is 26.3 Å². The van der Waals surface area contributed by atoms with Crippen molar-refractivity contribution in [2.45, 2.75) is 166 Å². The van der Waals surface area contributed by atoms with Gasteiger partial charge in [0.2, 0.25) is 0 Å². The van der Waals surface area contributed by atoms with Crippen molar-refractivity contribution >= 4 is 11.9 Å². The number of ether oxygens (including phenoxy) is 2. The molecule has 0 heterocycles. The Morgan fingerprint density at radius 2 is 1.23 bits per heavy atom. The number of esters is 2. The van der Waals surface area contributed by atoms with Crippen LogP contribution < -0.4 is 0 Å². The van der Waals surface area contributed by atoms with Gasteiger partial charge in [-0.15, -0.1) is 0 Å². The quantitative estimate of drug-likeness (QED) is 0.176. The van der Waals surface area contributed by atoms with Gasteiger partial charge in [0.25, 0.3) is 0 Å². The second-order valence-electron chi connectivity index (χ2n) is 16.0. The molecule has 5 rings (SSSR count). The van der Waals surface area contributed by atoms with Crippen LogP contribution in [0.25, 0.3) is 0 Å². The maximum absolute atomic E-state index is 13.3. The molecule has 5 aliphatic rings. The maximum Gasteiger partial charge on any atom is 0.417 e. The third-order valence-electron chi connectivity index (χ3n) is 11.4. The normalized spacial score (nSPS) is 37.1. The molecule has 274 valence electrons. The Labute approximate surface area is 272 Å². The van der Waals surface area contributed by atoms with E-state index in [9.17, 15) is 56.4 Å². The van der Waals surface area contributed by atoms with E-state index in [1.807, 2.05) is 13.8 Å². The molecular formula is C33H52F6O8. The summed E-state index contributed by atoms with van der Waals surface area (Å²) in [4.78, 5) is 24.4. The molecule has 7 unspecified atom stereocenters. The third-order valence-corrected chi connectivity index (χ3v) is 11.4. The molecule has 47 heavy (non-hydrogen) atoms. The Morgan fingerprint density at radius 1 is 0.787 bits per heavy atom. The Kier molecular flexibility index (Phi) is 10.9. The molecule has 0 aromatic rings. The van der Waals surface area contributed by atoms with Gasteiger partial charge in [0.15, 0.2) is 11.2 Å². The fourth-order valence-corrected chi connectivity index (χ4v) is 8.04. The number of alkyl halides is 6. The van der Waals surface area contributed by atoms with Gasteiger partial charge in [0.05, 0.1) is 22.5 Å². The molecule has 0 amide bonds. The van der Waals surface area contributed by atoms with Gasteiger partial charge in [0, 0.05) is 31.1 Å². The molecule has 7 atom stereocenters. The Morgan fingerprint density at radius 3 is 1.60 bits per heavy atom. The van der Waals surface area contributed by atoms with E-state index in [4.69, 9.17) is 9.47 Å². The molecular weight excluding hydrogens is 638 g/mol. The third kappa shape index (κ3) is 8.40. The highest BCUT2D eigenvalue weighted by molar-refractivity contribution is 5.76. The van der Waals surface area contributed by atoms with Crippen LogP contribution in [0.1, 0.15) is 119 Å². The first-order valence-electron chi connectivity index (χ1n) is 16.5. The lowest BCUT2D eigenvalue weighted by Gasteiger charge is -2.62. The summed E-state index contributed by atoms with van der Waals surface area (Å²) in [6.45, 7) is 9.58. The lowest BCUT2D eigenvalue weighted by Crippen LogP contribution is -2.67. The van der Waals surface area contributed by atoms with Crippen molar-refractivity contribution in [1.82, 2.24) is 0 Å². The van der Waals surface area contributed by atoms with E-state index < -0.39 is 88.9 Å². The summed E-state index contributed by atoms with van der Waals surface area (Å²) in [6.07, 6.45) is -8.25. The van der Waals surface area contributed by atoms with Gasteiger partial charge in [-0.05, 0) is 85.0 Å². The van der Waals surface area contributed by atoms with Crippen LogP contribution in [0.2, 0.25) is 0 Å². The zero-order valence-electron chi connectivity index (χ0n) is 28.4. The van der Waals surface area contributed by atoms with Crippen LogP contribution in [-0.4, -0.2) is 78.8 Å². The van der Waals surface area contributed by atoms with Crippen molar-refractivity contribution in [3.63, 3.8) is 0 Å². The first-order chi connectivity index (χ1) is 21.0. The molecule has 0 aliphatic heterocycles. The van der Waals surface area contributed by atoms with Crippen molar-refractivity contribution < 1.29 is 65.8 Å². The minimum absolute atomic E-state index is 0.114. The summed E-state index contributed by atoms with van der Waals surface area (Å²) in [5, 5.41) is 41.2. The van der Waals surface area contributed by atoms with E-state index in [0.717, 1.165) is 25.7 Å². The minimum atomic E-state index is -5.10.